The maximum absolute atomic E-state index is 13.6. The summed E-state index contributed by atoms with van der Waals surface area (Å²) in [4.78, 5) is 40.7. The first-order valence-corrected chi connectivity index (χ1v) is 12.4. The fourth-order valence-electron chi connectivity index (χ4n) is 4.67. The van der Waals surface area contributed by atoms with Gasteiger partial charge in [-0.05, 0) is 77.6 Å². The first kappa shape index (κ1) is 25.7. The van der Waals surface area contributed by atoms with E-state index in [4.69, 9.17) is 14.2 Å². The van der Waals surface area contributed by atoms with Crippen LogP contribution in [0.2, 0.25) is 0 Å². The van der Waals surface area contributed by atoms with Gasteiger partial charge in [-0.25, -0.2) is 9.69 Å². The molecule has 1 saturated carbocycles. The molecule has 0 N–H and O–H groups in total. The van der Waals surface area contributed by atoms with Crippen molar-refractivity contribution in [3.63, 3.8) is 0 Å². The van der Waals surface area contributed by atoms with E-state index in [-0.39, 0.29) is 5.91 Å². The Balaban J connectivity index is 1.55. The van der Waals surface area contributed by atoms with E-state index in [2.05, 4.69) is 0 Å². The summed E-state index contributed by atoms with van der Waals surface area (Å²) in [5.74, 6) is -0.650. The lowest BCUT2D eigenvalue weighted by Crippen LogP contribution is -2.40. The maximum Gasteiger partial charge on any atom is 0.417 e. The Morgan fingerprint density at radius 3 is 2.08 bits per heavy atom. The zero-order valence-electron chi connectivity index (χ0n) is 21.9. The van der Waals surface area contributed by atoms with Crippen LogP contribution in [0.15, 0.2) is 54.6 Å². The van der Waals surface area contributed by atoms with Crippen LogP contribution >= 0.6 is 0 Å². The van der Waals surface area contributed by atoms with Crippen LogP contribution in [0.5, 0.6) is 5.75 Å². The van der Waals surface area contributed by atoms with E-state index in [9.17, 15) is 14.4 Å². The first-order valence-electron chi connectivity index (χ1n) is 12.4. The average Bonchev–Trinajstić information content (AvgIpc) is 3.44. The molecule has 2 aromatic carbocycles. The lowest BCUT2D eigenvalue weighted by atomic mass is 9.95. The van der Waals surface area contributed by atoms with Crippen LogP contribution in [0.3, 0.4) is 0 Å². The number of likely N-dealkylation sites (tertiary alicyclic amines) is 1. The highest BCUT2D eigenvalue weighted by atomic mass is 16.6. The van der Waals surface area contributed by atoms with Crippen molar-refractivity contribution in [3.05, 3.63) is 65.7 Å². The van der Waals surface area contributed by atoms with Crippen LogP contribution < -0.4 is 4.74 Å². The molecule has 2 fully saturated rings. The number of ether oxygens (including phenoxy) is 3. The highest BCUT2D eigenvalue weighted by Crippen LogP contribution is 2.64. The number of esters is 1. The summed E-state index contributed by atoms with van der Waals surface area (Å²) in [6.07, 6.45) is 0.0159. The summed E-state index contributed by atoms with van der Waals surface area (Å²) in [7, 11) is 0. The number of hydrogen-bond donors (Lipinski definition) is 0. The minimum Gasteiger partial charge on any atom is -0.489 e. The highest BCUT2D eigenvalue weighted by Gasteiger charge is 2.71. The average molecular weight is 494 g/mol. The Hall–Kier alpha value is -3.35. The molecular formula is C29H35NO6. The van der Waals surface area contributed by atoms with E-state index in [1.807, 2.05) is 54.6 Å². The fourth-order valence-corrected chi connectivity index (χ4v) is 4.67. The molecule has 3 atom stereocenters. The van der Waals surface area contributed by atoms with Gasteiger partial charge in [0, 0.05) is 0 Å². The molecule has 0 bridgehead atoms. The smallest absolute Gasteiger partial charge is 0.417 e. The molecule has 1 spiro atoms. The van der Waals surface area contributed by atoms with Gasteiger partial charge >= 0.3 is 12.1 Å². The van der Waals surface area contributed by atoms with Crippen molar-refractivity contribution in [2.75, 3.05) is 0 Å². The molecule has 2 aliphatic rings. The Morgan fingerprint density at radius 1 is 0.889 bits per heavy atom. The Labute approximate surface area is 212 Å². The lowest BCUT2D eigenvalue weighted by Gasteiger charge is -2.27. The van der Waals surface area contributed by atoms with E-state index < -0.39 is 40.6 Å². The van der Waals surface area contributed by atoms with Gasteiger partial charge in [0.2, 0.25) is 5.91 Å². The number of carbonyl (C=O) groups is 3. The third-order valence-corrected chi connectivity index (χ3v) is 6.38. The number of hydrogen-bond acceptors (Lipinski definition) is 6. The van der Waals surface area contributed by atoms with Gasteiger partial charge in [0.1, 0.15) is 23.6 Å². The lowest BCUT2D eigenvalue weighted by molar-refractivity contribution is -0.158. The Bertz CT molecular complexity index is 1130. The van der Waals surface area contributed by atoms with Gasteiger partial charge in [-0.15, -0.1) is 0 Å². The van der Waals surface area contributed by atoms with Gasteiger partial charge in [0.05, 0.1) is 17.4 Å². The molecule has 7 heteroatoms. The molecule has 2 amide bonds. The Morgan fingerprint density at radius 2 is 1.50 bits per heavy atom. The number of carbonyl (C=O) groups excluding carboxylic acids is 3. The third kappa shape index (κ3) is 5.55. The van der Waals surface area contributed by atoms with Crippen molar-refractivity contribution in [1.82, 2.24) is 4.90 Å². The number of amides is 2. The molecule has 0 radical (unpaired) electrons. The number of benzene rings is 2. The summed E-state index contributed by atoms with van der Waals surface area (Å²) >= 11 is 0. The zero-order chi connectivity index (χ0) is 26.3. The van der Waals surface area contributed by atoms with Crippen LogP contribution in [0, 0.1) is 11.3 Å². The summed E-state index contributed by atoms with van der Waals surface area (Å²) in [6.45, 7) is 11.1. The third-order valence-electron chi connectivity index (χ3n) is 6.38. The number of nitrogens with zero attached hydrogens (tertiary/aromatic N) is 1. The summed E-state index contributed by atoms with van der Waals surface area (Å²) in [6, 6.07) is 16.7. The number of imide groups is 1. The molecule has 1 saturated heterocycles. The SMILES string of the molecule is CC(C)(C)OC(=O)C1CC12CC(c1ccc(OCc3ccccc3)cc1)N(C(=O)OC(C)(C)C)C2=O. The molecule has 4 rings (SSSR count). The second kappa shape index (κ2) is 9.26. The molecular weight excluding hydrogens is 458 g/mol. The second-order valence-electron chi connectivity index (χ2n) is 11.7. The van der Waals surface area contributed by atoms with Gasteiger partial charge in [-0.3, -0.25) is 9.59 Å². The largest absolute Gasteiger partial charge is 0.489 e. The van der Waals surface area contributed by atoms with Crippen molar-refractivity contribution >= 4 is 18.0 Å². The molecule has 1 heterocycles. The highest BCUT2D eigenvalue weighted by molar-refractivity contribution is 6.03. The van der Waals surface area contributed by atoms with Crippen LogP contribution in [-0.2, 0) is 25.7 Å². The van der Waals surface area contributed by atoms with E-state index >= 15 is 0 Å². The zero-order valence-corrected chi connectivity index (χ0v) is 21.9. The van der Waals surface area contributed by atoms with Gasteiger partial charge < -0.3 is 14.2 Å². The van der Waals surface area contributed by atoms with Crippen LogP contribution in [0.4, 0.5) is 4.79 Å². The van der Waals surface area contributed by atoms with Crippen molar-refractivity contribution in [2.45, 2.75) is 78.2 Å². The van der Waals surface area contributed by atoms with E-state index in [1.165, 1.54) is 4.90 Å². The van der Waals surface area contributed by atoms with Crippen molar-refractivity contribution < 1.29 is 28.6 Å². The van der Waals surface area contributed by atoms with Crippen LogP contribution in [-0.4, -0.2) is 34.1 Å². The maximum atomic E-state index is 13.6. The second-order valence-corrected chi connectivity index (χ2v) is 11.7. The molecule has 192 valence electrons. The molecule has 0 aromatic heterocycles. The van der Waals surface area contributed by atoms with Gasteiger partial charge in [0.15, 0.2) is 0 Å². The summed E-state index contributed by atoms with van der Waals surface area (Å²) in [5.41, 5.74) is -0.508. The summed E-state index contributed by atoms with van der Waals surface area (Å²) in [5, 5.41) is 0. The molecule has 1 aliphatic heterocycles. The van der Waals surface area contributed by atoms with Gasteiger partial charge in [-0.1, -0.05) is 42.5 Å². The van der Waals surface area contributed by atoms with E-state index in [1.54, 1.807) is 41.5 Å². The first-order chi connectivity index (χ1) is 16.8. The van der Waals surface area contributed by atoms with E-state index in [0.29, 0.717) is 25.2 Å². The fraction of sp³-hybridized carbons (Fsp3) is 0.483. The van der Waals surface area contributed by atoms with Crippen molar-refractivity contribution in [3.8, 4) is 5.75 Å². The van der Waals surface area contributed by atoms with Crippen LogP contribution in [0.25, 0.3) is 0 Å². The summed E-state index contributed by atoms with van der Waals surface area (Å²) < 4.78 is 17.0. The quantitative estimate of drug-likeness (QED) is 0.488. The van der Waals surface area contributed by atoms with Crippen molar-refractivity contribution in [1.29, 1.82) is 0 Å². The van der Waals surface area contributed by atoms with Gasteiger partial charge in [0.25, 0.3) is 0 Å². The van der Waals surface area contributed by atoms with Crippen molar-refractivity contribution in [2.24, 2.45) is 11.3 Å². The Kier molecular flexibility index (Phi) is 6.62. The number of rotatable bonds is 5. The molecule has 7 nitrogen and oxygen atoms in total. The van der Waals surface area contributed by atoms with Gasteiger partial charge in [-0.2, -0.15) is 0 Å². The predicted molar refractivity (Wildman–Crippen MR) is 134 cm³/mol. The standard InChI is InChI=1S/C29H35NO6/c1-27(2,3)35-24(31)22-16-29(22)17-23(30(25(29)32)26(33)36-28(4,5)6)20-12-14-21(15-13-20)34-18-19-10-8-7-9-11-19/h7-15,22-23H,16-18H2,1-6H3. The minimum atomic E-state index is -0.938. The molecule has 2 aromatic rings. The topological polar surface area (TPSA) is 82.1 Å². The monoisotopic (exact) mass is 493 g/mol. The normalized spacial score (nSPS) is 23.5. The van der Waals surface area contributed by atoms with Crippen LogP contribution in [0.1, 0.15) is 71.6 Å². The molecule has 1 aliphatic carbocycles. The molecule has 36 heavy (non-hydrogen) atoms. The van der Waals surface area contributed by atoms with E-state index in [0.717, 1.165) is 11.1 Å². The minimum absolute atomic E-state index is 0.346. The molecule has 3 unspecified atom stereocenters. The predicted octanol–water partition coefficient (Wildman–Crippen LogP) is 5.82.